The summed E-state index contributed by atoms with van der Waals surface area (Å²) in [5.74, 6) is 2.13. The second-order valence-corrected chi connectivity index (χ2v) is 5.98. The van der Waals surface area contributed by atoms with Crippen LogP contribution in [0.15, 0.2) is 4.99 Å². The van der Waals surface area contributed by atoms with Crippen LogP contribution in [0.3, 0.4) is 0 Å². The van der Waals surface area contributed by atoms with Gasteiger partial charge < -0.3 is 15.4 Å². The predicted molar refractivity (Wildman–Crippen MR) is 88.8 cm³/mol. The van der Waals surface area contributed by atoms with Gasteiger partial charge >= 0.3 is 0 Å². The number of hydrogen-bond acceptors (Lipinski definition) is 4. The van der Waals surface area contributed by atoms with E-state index in [4.69, 9.17) is 9.73 Å². The molecule has 1 rings (SSSR count). The lowest BCUT2D eigenvalue weighted by atomic mass is 10.2. The maximum atomic E-state index is 5.39. The van der Waals surface area contributed by atoms with E-state index in [1.54, 1.807) is 0 Å². The second kappa shape index (κ2) is 11.2. The van der Waals surface area contributed by atoms with Crippen LogP contribution in [0.2, 0.25) is 0 Å². The molecule has 1 aliphatic rings. The Morgan fingerprint density at radius 3 is 2.75 bits per heavy atom. The van der Waals surface area contributed by atoms with Crippen LogP contribution < -0.4 is 10.6 Å². The number of rotatable bonds is 8. The average Bonchev–Trinajstić information content (AvgIpc) is 2.49. The van der Waals surface area contributed by atoms with E-state index in [1.165, 1.54) is 12.2 Å². The molecule has 0 saturated carbocycles. The Bertz CT molecular complexity index is 270. The highest BCUT2D eigenvalue weighted by Crippen LogP contribution is 2.03. The summed E-state index contributed by atoms with van der Waals surface area (Å²) in [6.45, 7) is 10.8. The molecule has 1 atom stereocenters. The van der Waals surface area contributed by atoms with Crippen LogP contribution in [0.5, 0.6) is 0 Å². The largest absolute Gasteiger partial charge is 0.379 e. The van der Waals surface area contributed by atoms with Crippen LogP contribution >= 0.6 is 11.8 Å². The first-order valence-corrected chi connectivity index (χ1v) is 9.00. The molecule has 1 saturated heterocycles. The van der Waals surface area contributed by atoms with Crippen molar-refractivity contribution >= 4 is 17.7 Å². The number of morpholine rings is 1. The van der Waals surface area contributed by atoms with E-state index >= 15 is 0 Å². The van der Waals surface area contributed by atoms with Crippen molar-refractivity contribution < 1.29 is 4.74 Å². The molecule has 118 valence electrons. The average molecular weight is 302 g/mol. The quantitative estimate of drug-likeness (QED) is 0.398. The fourth-order valence-electron chi connectivity index (χ4n) is 2.12. The van der Waals surface area contributed by atoms with E-state index in [2.05, 4.69) is 35.6 Å². The topological polar surface area (TPSA) is 48.9 Å². The Balaban J connectivity index is 2.32. The number of aliphatic imine (C=N–C) groups is 1. The van der Waals surface area contributed by atoms with Gasteiger partial charge in [0.05, 0.1) is 19.8 Å². The molecule has 1 unspecified atom stereocenters. The molecule has 1 fully saturated rings. The van der Waals surface area contributed by atoms with Crippen molar-refractivity contribution in [1.29, 1.82) is 0 Å². The normalized spacial score (nSPS) is 18.9. The molecule has 0 radical (unpaired) electrons. The first kappa shape index (κ1) is 17.6. The molecule has 1 aliphatic heterocycles. The number of nitrogens with one attached hydrogen (secondary N) is 2. The maximum absolute atomic E-state index is 5.39. The fourth-order valence-corrected chi connectivity index (χ4v) is 2.56. The Morgan fingerprint density at radius 1 is 1.35 bits per heavy atom. The minimum absolute atomic E-state index is 0.473. The van der Waals surface area contributed by atoms with Gasteiger partial charge in [0.2, 0.25) is 0 Å². The Labute approximate surface area is 127 Å². The molecule has 0 aromatic heterocycles. The zero-order valence-electron chi connectivity index (χ0n) is 13.2. The summed E-state index contributed by atoms with van der Waals surface area (Å²) in [4.78, 5) is 7.14. The van der Waals surface area contributed by atoms with E-state index in [1.807, 2.05) is 11.8 Å². The minimum atomic E-state index is 0.473. The van der Waals surface area contributed by atoms with Gasteiger partial charge in [-0.15, -0.1) is 0 Å². The third-order valence-electron chi connectivity index (χ3n) is 3.34. The lowest BCUT2D eigenvalue weighted by Gasteiger charge is -2.31. The fraction of sp³-hybridized carbons (Fsp3) is 0.929. The van der Waals surface area contributed by atoms with Gasteiger partial charge in [-0.05, 0) is 32.3 Å². The number of thioether (sulfide) groups is 1. The predicted octanol–water partition coefficient (Wildman–Crippen LogP) is 1.02. The molecule has 5 nitrogen and oxygen atoms in total. The van der Waals surface area contributed by atoms with Crippen molar-refractivity contribution in [1.82, 2.24) is 15.5 Å². The summed E-state index contributed by atoms with van der Waals surface area (Å²) >= 11 is 1.88. The Morgan fingerprint density at radius 2 is 2.10 bits per heavy atom. The van der Waals surface area contributed by atoms with E-state index < -0.39 is 0 Å². The maximum Gasteiger partial charge on any atom is 0.191 e. The van der Waals surface area contributed by atoms with Gasteiger partial charge in [0.1, 0.15) is 0 Å². The first-order valence-electron chi connectivity index (χ1n) is 7.60. The van der Waals surface area contributed by atoms with Crippen molar-refractivity contribution in [2.24, 2.45) is 4.99 Å². The smallest absolute Gasteiger partial charge is 0.191 e. The van der Waals surface area contributed by atoms with Crippen molar-refractivity contribution in [2.75, 3.05) is 57.9 Å². The monoisotopic (exact) mass is 302 g/mol. The number of nitrogens with zero attached hydrogens (tertiary/aromatic N) is 2. The summed E-state index contributed by atoms with van der Waals surface area (Å²) in [6.07, 6.45) is 3.31. The van der Waals surface area contributed by atoms with E-state index in [0.717, 1.165) is 51.9 Å². The standard InChI is InChI=1S/C14H30N4OS/c1-4-15-14(16-6-5-11-20-3)17-12-13(2)18-7-9-19-10-8-18/h13H,4-12H2,1-3H3,(H2,15,16,17). The van der Waals surface area contributed by atoms with Crippen LogP contribution in [0.1, 0.15) is 20.3 Å². The van der Waals surface area contributed by atoms with Gasteiger partial charge in [-0.2, -0.15) is 11.8 Å². The highest BCUT2D eigenvalue weighted by atomic mass is 32.2. The zero-order valence-corrected chi connectivity index (χ0v) is 14.0. The van der Waals surface area contributed by atoms with Crippen molar-refractivity contribution in [3.63, 3.8) is 0 Å². The van der Waals surface area contributed by atoms with E-state index in [0.29, 0.717) is 6.04 Å². The Hall–Kier alpha value is -0.460. The lowest BCUT2D eigenvalue weighted by Crippen LogP contribution is -2.44. The van der Waals surface area contributed by atoms with Gasteiger partial charge in [-0.25, -0.2) is 0 Å². The second-order valence-electron chi connectivity index (χ2n) is 4.99. The first-order chi connectivity index (χ1) is 9.77. The highest BCUT2D eigenvalue weighted by Gasteiger charge is 2.16. The molecule has 20 heavy (non-hydrogen) atoms. The molecule has 0 bridgehead atoms. The molecular weight excluding hydrogens is 272 g/mol. The van der Waals surface area contributed by atoms with Gasteiger partial charge in [-0.1, -0.05) is 0 Å². The summed E-state index contributed by atoms with van der Waals surface area (Å²) < 4.78 is 5.39. The molecule has 6 heteroatoms. The van der Waals surface area contributed by atoms with Crippen molar-refractivity contribution in [3.05, 3.63) is 0 Å². The molecule has 0 aliphatic carbocycles. The number of guanidine groups is 1. The molecule has 0 aromatic rings. The zero-order chi connectivity index (χ0) is 14.6. The summed E-state index contributed by atoms with van der Waals surface area (Å²) in [6, 6.07) is 0.473. The number of ether oxygens (including phenoxy) is 1. The molecule has 0 aromatic carbocycles. The van der Waals surface area contributed by atoms with E-state index in [-0.39, 0.29) is 0 Å². The Kier molecular flexibility index (Phi) is 9.87. The number of hydrogen-bond donors (Lipinski definition) is 2. The van der Waals surface area contributed by atoms with Crippen LogP contribution in [0.4, 0.5) is 0 Å². The molecule has 0 amide bonds. The molecule has 0 spiro atoms. The SMILES string of the molecule is CCNC(=NCC(C)N1CCOCC1)NCCCSC. The molecule has 2 N–H and O–H groups in total. The third-order valence-corrected chi connectivity index (χ3v) is 4.04. The van der Waals surface area contributed by atoms with Gasteiger partial charge in [0.25, 0.3) is 0 Å². The van der Waals surface area contributed by atoms with Crippen LogP contribution in [-0.2, 0) is 4.74 Å². The lowest BCUT2D eigenvalue weighted by molar-refractivity contribution is 0.0220. The van der Waals surface area contributed by atoms with Gasteiger partial charge in [0.15, 0.2) is 5.96 Å². The minimum Gasteiger partial charge on any atom is -0.379 e. The van der Waals surface area contributed by atoms with E-state index in [9.17, 15) is 0 Å². The van der Waals surface area contributed by atoms with Crippen LogP contribution in [0, 0.1) is 0 Å². The van der Waals surface area contributed by atoms with Gasteiger partial charge in [-0.3, -0.25) is 9.89 Å². The van der Waals surface area contributed by atoms with Crippen LogP contribution in [0.25, 0.3) is 0 Å². The van der Waals surface area contributed by atoms with Gasteiger partial charge in [0, 0.05) is 32.2 Å². The van der Waals surface area contributed by atoms with Crippen molar-refractivity contribution in [3.8, 4) is 0 Å². The summed E-state index contributed by atoms with van der Waals surface area (Å²) in [5.41, 5.74) is 0. The highest BCUT2D eigenvalue weighted by molar-refractivity contribution is 7.98. The molecular formula is C14H30N4OS. The third kappa shape index (κ3) is 7.36. The summed E-state index contributed by atoms with van der Waals surface area (Å²) in [5, 5.41) is 6.70. The van der Waals surface area contributed by atoms with Crippen molar-refractivity contribution in [2.45, 2.75) is 26.3 Å². The summed E-state index contributed by atoms with van der Waals surface area (Å²) in [7, 11) is 0. The molecule has 1 heterocycles. The van der Waals surface area contributed by atoms with Crippen LogP contribution in [-0.4, -0.2) is 74.8 Å².